The summed E-state index contributed by atoms with van der Waals surface area (Å²) in [5.41, 5.74) is 4.07. The predicted molar refractivity (Wildman–Crippen MR) is 131 cm³/mol. The van der Waals surface area contributed by atoms with E-state index in [0.29, 0.717) is 22.9 Å². The second-order valence-corrected chi connectivity index (χ2v) is 10.3. The highest BCUT2D eigenvalue weighted by atomic mass is 32.2. The summed E-state index contributed by atoms with van der Waals surface area (Å²) >= 11 is 3.11. The van der Waals surface area contributed by atoms with Crippen LogP contribution in [-0.4, -0.2) is 28.0 Å². The molecule has 0 amide bonds. The third-order valence-corrected chi connectivity index (χ3v) is 7.90. The van der Waals surface area contributed by atoms with E-state index in [1.165, 1.54) is 11.8 Å². The molecule has 2 aromatic carbocycles. The number of fused-ring (bicyclic) bond motifs is 2. The second-order valence-electron chi connectivity index (χ2n) is 8.10. The number of para-hydroxylation sites is 2. The third kappa shape index (κ3) is 3.69. The topological polar surface area (TPSA) is 53.4 Å². The fourth-order valence-electron chi connectivity index (χ4n) is 3.95. The first-order valence-electron chi connectivity index (χ1n) is 10.5. The van der Waals surface area contributed by atoms with Gasteiger partial charge in [0, 0.05) is 10.6 Å². The van der Waals surface area contributed by atoms with Crippen molar-refractivity contribution in [2.24, 2.45) is 0 Å². The van der Waals surface area contributed by atoms with Crippen molar-refractivity contribution >= 4 is 33.3 Å². The molecule has 7 heteroatoms. The number of hydrogen-bond acceptors (Lipinski definition) is 6. The first kappa shape index (κ1) is 21.1. The van der Waals surface area contributed by atoms with E-state index in [-0.39, 0.29) is 11.7 Å². The SMILES string of the molecule is Cc1ccc(-n2c(SCC3COc4ccccc4O3)nc3sc(C)c(C)c3c2=O)c(C)c1. The molecule has 0 radical (unpaired) electrons. The normalized spacial score (nSPS) is 15.3. The van der Waals surface area contributed by atoms with Crippen molar-refractivity contribution in [1.29, 1.82) is 0 Å². The van der Waals surface area contributed by atoms with Crippen molar-refractivity contribution in [3.05, 3.63) is 74.4 Å². The number of thiophene rings is 1. The van der Waals surface area contributed by atoms with Gasteiger partial charge in [0.1, 0.15) is 17.5 Å². The van der Waals surface area contributed by atoms with Gasteiger partial charge in [0.05, 0.1) is 11.1 Å². The van der Waals surface area contributed by atoms with Crippen LogP contribution in [-0.2, 0) is 0 Å². The molecule has 1 aliphatic heterocycles. The number of ether oxygens (including phenoxy) is 2. The van der Waals surface area contributed by atoms with Gasteiger partial charge in [-0.3, -0.25) is 9.36 Å². The van der Waals surface area contributed by atoms with Gasteiger partial charge in [-0.1, -0.05) is 41.6 Å². The molecule has 0 bridgehead atoms. The summed E-state index contributed by atoms with van der Waals surface area (Å²) in [7, 11) is 0. The van der Waals surface area contributed by atoms with Gasteiger partial charge in [-0.2, -0.15) is 0 Å². The monoisotopic (exact) mass is 464 g/mol. The lowest BCUT2D eigenvalue weighted by Crippen LogP contribution is -2.31. The molecule has 0 spiro atoms. The number of aryl methyl sites for hydroxylation is 4. The Balaban J connectivity index is 1.55. The maximum atomic E-state index is 13.7. The van der Waals surface area contributed by atoms with Crippen LogP contribution in [0.25, 0.3) is 15.9 Å². The van der Waals surface area contributed by atoms with Gasteiger partial charge in [-0.25, -0.2) is 4.98 Å². The summed E-state index contributed by atoms with van der Waals surface area (Å²) in [6.07, 6.45) is -0.123. The lowest BCUT2D eigenvalue weighted by atomic mass is 10.1. The molecule has 2 aromatic heterocycles. The van der Waals surface area contributed by atoms with Crippen LogP contribution in [0.1, 0.15) is 21.6 Å². The Morgan fingerprint density at radius 3 is 2.69 bits per heavy atom. The fraction of sp³-hybridized carbons (Fsp3) is 0.280. The van der Waals surface area contributed by atoms with Gasteiger partial charge in [0.15, 0.2) is 16.7 Å². The highest BCUT2D eigenvalue weighted by Crippen LogP contribution is 2.34. The summed E-state index contributed by atoms with van der Waals surface area (Å²) in [4.78, 5) is 20.5. The molecule has 1 aliphatic rings. The van der Waals surface area contributed by atoms with Crippen LogP contribution in [0.4, 0.5) is 0 Å². The molecule has 5 nitrogen and oxygen atoms in total. The van der Waals surface area contributed by atoms with Gasteiger partial charge in [-0.05, 0) is 57.0 Å². The average molecular weight is 465 g/mol. The van der Waals surface area contributed by atoms with Crippen LogP contribution in [0.5, 0.6) is 11.5 Å². The number of thioether (sulfide) groups is 1. The standard InChI is InChI=1S/C25H24N2O3S2/c1-14-9-10-19(15(2)11-14)27-24(28)22-16(3)17(4)32-23(22)26-25(27)31-13-18-12-29-20-7-5-6-8-21(20)30-18/h5-11,18H,12-13H2,1-4H3. The quantitative estimate of drug-likeness (QED) is 0.290. The third-order valence-electron chi connectivity index (χ3n) is 5.73. The zero-order valence-electron chi connectivity index (χ0n) is 18.5. The van der Waals surface area contributed by atoms with Crippen molar-refractivity contribution in [2.45, 2.75) is 39.0 Å². The van der Waals surface area contributed by atoms with Crippen LogP contribution in [0.3, 0.4) is 0 Å². The Labute approximate surface area is 195 Å². The van der Waals surface area contributed by atoms with Crippen molar-refractivity contribution in [1.82, 2.24) is 9.55 Å². The second kappa shape index (κ2) is 8.30. The molecule has 1 unspecified atom stereocenters. The Kier molecular flexibility index (Phi) is 5.47. The number of rotatable bonds is 4. The number of nitrogens with zero attached hydrogens (tertiary/aromatic N) is 2. The number of aromatic nitrogens is 2. The van der Waals surface area contributed by atoms with Gasteiger partial charge >= 0.3 is 0 Å². The highest BCUT2D eigenvalue weighted by molar-refractivity contribution is 7.99. The highest BCUT2D eigenvalue weighted by Gasteiger charge is 2.24. The summed E-state index contributed by atoms with van der Waals surface area (Å²) in [6.45, 7) is 8.60. The molecule has 32 heavy (non-hydrogen) atoms. The Bertz CT molecular complexity index is 1390. The van der Waals surface area contributed by atoms with Crippen molar-refractivity contribution < 1.29 is 9.47 Å². The van der Waals surface area contributed by atoms with E-state index in [2.05, 4.69) is 13.0 Å². The molecular formula is C25H24N2O3S2. The molecule has 0 aliphatic carbocycles. The van der Waals surface area contributed by atoms with E-state index in [9.17, 15) is 4.79 Å². The van der Waals surface area contributed by atoms with Crippen LogP contribution in [0, 0.1) is 27.7 Å². The molecule has 5 rings (SSSR count). The van der Waals surface area contributed by atoms with Crippen LogP contribution in [0.2, 0.25) is 0 Å². The van der Waals surface area contributed by atoms with E-state index in [1.54, 1.807) is 15.9 Å². The smallest absolute Gasteiger partial charge is 0.267 e. The Hall–Kier alpha value is -2.77. The minimum absolute atomic E-state index is 0.0162. The summed E-state index contributed by atoms with van der Waals surface area (Å²) in [6, 6.07) is 13.8. The van der Waals surface area contributed by atoms with Gasteiger partial charge in [0.2, 0.25) is 0 Å². The summed E-state index contributed by atoms with van der Waals surface area (Å²) in [5, 5.41) is 1.39. The molecular weight excluding hydrogens is 440 g/mol. The fourth-order valence-corrected chi connectivity index (χ4v) is 6.00. The first-order chi connectivity index (χ1) is 15.4. The summed E-state index contributed by atoms with van der Waals surface area (Å²) in [5.74, 6) is 2.15. The van der Waals surface area contributed by atoms with E-state index in [0.717, 1.165) is 43.6 Å². The van der Waals surface area contributed by atoms with Crippen molar-refractivity contribution in [3.63, 3.8) is 0 Å². The largest absolute Gasteiger partial charge is 0.486 e. The average Bonchev–Trinajstić information content (AvgIpc) is 3.06. The summed E-state index contributed by atoms with van der Waals surface area (Å²) < 4.78 is 13.7. The molecule has 0 saturated carbocycles. The minimum atomic E-state index is -0.123. The van der Waals surface area contributed by atoms with Gasteiger partial charge < -0.3 is 9.47 Å². The lowest BCUT2D eigenvalue weighted by Gasteiger charge is -2.26. The predicted octanol–water partition coefficient (Wildman–Crippen LogP) is 5.61. The molecule has 3 heterocycles. The van der Waals surface area contributed by atoms with Crippen molar-refractivity contribution in [2.75, 3.05) is 12.4 Å². The Morgan fingerprint density at radius 2 is 1.91 bits per heavy atom. The van der Waals surface area contributed by atoms with Gasteiger partial charge in [-0.15, -0.1) is 11.3 Å². The molecule has 0 N–H and O–H groups in total. The van der Waals surface area contributed by atoms with E-state index >= 15 is 0 Å². The lowest BCUT2D eigenvalue weighted by molar-refractivity contribution is 0.107. The number of hydrogen-bond donors (Lipinski definition) is 0. The minimum Gasteiger partial charge on any atom is -0.486 e. The van der Waals surface area contributed by atoms with E-state index < -0.39 is 0 Å². The van der Waals surface area contributed by atoms with Crippen LogP contribution < -0.4 is 15.0 Å². The zero-order valence-corrected chi connectivity index (χ0v) is 20.1. The van der Waals surface area contributed by atoms with Gasteiger partial charge in [0.25, 0.3) is 5.56 Å². The molecule has 4 aromatic rings. The zero-order chi connectivity index (χ0) is 22.4. The molecule has 1 atom stereocenters. The maximum Gasteiger partial charge on any atom is 0.267 e. The molecule has 0 fully saturated rings. The van der Waals surface area contributed by atoms with Crippen LogP contribution in [0.15, 0.2) is 52.4 Å². The molecule has 164 valence electrons. The molecule has 0 saturated heterocycles. The maximum absolute atomic E-state index is 13.7. The van der Waals surface area contributed by atoms with E-state index in [4.69, 9.17) is 14.5 Å². The van der Waals surface area contributed by atoms with Crippen LogP contribution >= 0.6 is 23.1 Å². The van der Waals surface area contributed by atoms with Crippen molar-refractivity contribution in [3.8, 4) is 17.2 Å². The number of benzene rings is 2. The Morgan fingerprint density at radius 1 is 1.12 bits per heavy atom. The van der Waals surface area contributed by atoms with E-state index in [1.807, 2.05) is 57.2 Å². The first-order valence-corrected chi connectivity index (χ1v) is 12.3.